The number of H-pyrrole nitrogens is 2. The fraction of sp³-hybridized carbons (Fsp3) is 0.385. The monoisotopic (exact) mass is 260 g/mol. The second-order valence-corrected chi connectivity index (χ2v) is 4.87. The van der Waals surface area contributed by atoms with Gasteiger partial charge in [0.05, 0.1) is 17.0 Å². The SMILES string of the molecule is O=C(Nc1ccc2[nH]c(=O)[nH]c2c1)[C@@H]1CCCNC1. The summed E-state index contributed by atoms with van der Waals surface area (Å²) in [5, 5.41) is 6.12. The number of benzene rings is 1. The van der Waals surface area contributed by atoms with Gasteiger partial charge in [0.2, 0.25) is 5.91 Å². The van der Waals surface area contributed by atoms with Crippen molar-refractivity contribution in [2.75, 3.05) is 18.4 Å². The van der Waals surface area contributed by atoms with E-state index in [0.29, 0.717) is 11.2 Å². The number of nitrogens with one attached hydrogen (secondary N) is 4. The van der Waals surface area contributed by atoms with Gasteiger partial charge in [0.15, 0.2) is 0 Å². The Kier molecular flexibility index (Phi) is 3.08. The zero-order valence-electron chi connectivity index (χ0n) is 10.5. The van der Waals surface area contributed by atoms with Gasteiger partial charge in [0.25, 0.3) is 0 Å². The van der Waals surface area contributed by atoms with Crippen LogP contribution in [0.2, 0.25) is 0 Å². The quantitative estimate of drug-likeness (QED) is 0.643. The molecular formula is C13H16N4O2. The molecule has 2 heterocycles. The summed E-state index contributed by atoms with van der Waals surface area (Å²) in [5.41, 5.74) is 1.90. The Labute approximate surface area is 109 Å². The number of aromatic amines is 2. The molecule has 1 fully saturated rings. The van der Waals surface area contributed by atoms with E-state index in [1.807, 2.05) is 0 Å². The highest BCUT2D eigenvalue weighted by Gasteiger charge is 2.20. The molecule has 1 aromatic carbocycles. The van der Waals surface area contributed by atoms with Crippen molar-refractivity contribution in [1.29, 1.82) is 0 Å². The van der Waals surface area contributed by atoms with Crippen molar-refractivity contribution >= 4 is 22.6 Å². The summed E-state index contributed by atoms with van der Waals surface area (Å²) in [6.07, 6.45) is 1.95. The summed E-state index contributed by atoms with van der Waals surface area (Å²) in [5.74, 6) is 0.0548. The molecule has 100 valence electrons. The standard InChI is InChI=1S/C13H16N4O2/c18-12(8-2-1-5-14-7-8)15-9-3-4-10-11(6-9)17-13(19)16-10/h3-4,6,8,14H,1-2,5,7H2,(H,15,18)(H2,16,17,19)/t8-/m1/s1. The van der Waals surface area contributed by atoms with Crippen LogP contribution in [0.4, 0.5) is 5.69 Å². The van der Waals surface area contributed by atoms with E-state index in [1.54, 1.807) is 18.2 Å². The molecule has 1 atom stereocenters. The molecule has 0 saturated carbocycles. The molecule has 0 radical (unpaired) electrons. The van der Waals surface area contributed by atoms with Crippen LogP contribution in [0.25, 0.3) is 11.0 Å². The van der Waals surface area contributed by atoms with Crippen molar-refractivity contribution in [2.45, 2.75) is 12.8 Å². The Balaban J connectivity index is 1.76. The highest BCUT2D eigenvalue weighted by Crippen LogP contribution is 2.17. The van der Waals surface area contributed by atoms with E-state index in [9.17, 15) is 9.59 Å². The molecule has 3 rings (SSSR count). The van der Waals surface area contributed by atoms with Crippen LogP contribution in [0.3, 0.4) is 0 Å². The van der Waals surface area contributed by atoms with Crippen molar-refractivity contribution in [2.24, 2.45) is 5.92 Å². The summed E-state index contributed by atoms with van der Waals surface area (Å²) in [7, 11) is 0. The minimum atomic E-state index is -0.241. The first-order chi connectivity index (χ1) is 9.22. The van der Waals surface area contributed by atoms with Crippen molar-refractivity contribution in [3.63, 3.8) is 0 Å². The van der Waals surface area contributed by atoms with Gasteiger partial charge >= 0.3 is 5.69 Å². The van der Waals surface area contributed by atoms with Crippen molar-refractivity contribution < 1.29 is 4.79 Å². The molecule has 4 N–H and O–H groups in total. The maximum Gasteiger partial charge on any atom is 0.323 e. The van der Waals surface area contributed by atoms with Gasteiger partial charge in [-0.1, -0.05) is 0 Å². The number of carbonyl (C=O) groups is 1. The maximum absolute atomic E-state index is 12.1. The summed E-state index contributed by atoms with van der Waals surface area (Å²) in [6.45, 7) is 1.72. The lowest BCUT2D eigenvalue weighted by atomic mass is 9.99. The molecule has 0 unspecified atom stereocenters. The summed E-state index contributed by atoms with van der Waals surface area (Å²) in [6, 6.07) is 5.34. The lowest BCUT2D eigenvalue weighted by molar-refractivity contribution is -0.120. The molecule has 1 aromatic heterocycles. The van der Waals surface area contributed by atoms with E-state index >= 15 is 0 Å². The Morgan fingerprint density at radius 3 is 2.89 bits per heavy atom. The number of piperidine rings is 1. The highest BCUT2D eigenvalue weighted by atomic mass is 16.2. The van der Waals surface area contributed by atoms with Gasteiger partial charge < -0.3 is 20.6 Å². The van der Waals surface area contributed by atoms with Crippen LogP contribution in [0.1, 0.15) is 12.8 Å². The average molecular weight is 260 g/mol. The fourth-order valence-corrected chi connectivity index (χ4v) is 2.43. The predicted molar refractivity (Wildman–Crippen MR) is 73.1 cm³/mol. The van der Waals surface area contributed by atoms with E-state index in [1.165, 1.54) is 0 Å². The van der Waals surface area contributed by atoms with Gasteiger partial charge in [-0.2, -0.15) is 0 Å². The van der Waals surface area contributed by atoms with Crippen molar-refractivity contribution in [3.8, 4) is 0 Å². The van der Waals surface area contributed by atoms with E-state index in [0.717, 1.165) is 31.4 Å². The molecule has 1 amide bonds. The molecule has 0 aliphatic carbocycles. The predicted octanol–water partition coefficient (Wildman–Crippen LogP) is 0.794. The normalized spacial score (nSPS) is 19.5. The third kappa shape index (κ3) is 2.53. The highest BCUT2D eigenvalue weighted by molar-refractivity contribution is 5.94. The molecule has 19 heavy (non-hydrogen) atoms. The molecule has 6 nitrogen and oxygen atoms in total. The number of anilines is 1. The first kappa shape index (κ1) is 12.0. The first-order valence-corrected chi connectivity index (χ1v) is 6.46. The van der Waals surface area contributed by atoms with E-state index in [2.05, 4.69) is 20.6 Å². The molecule has 2 aromatic rings. The zero-order valence-corrected chi connectivity index (χ0v) is 10.5. The van der Waals surface area contributed by atoms with Crippen LogP contribution < -0.4 is 16.3 Å². The molecule has 6 heteroatoms. The number of carbonyl (C=O) groups excluding carboxylic acids is 1. The van der Waals surface area contributed by atoms with E-state index < -0.39 is 0 Å². The lowest BCUT2D eigenvalue weighted by Gasteiger charge is -2.21. The molecule has 1 aliphatic rings. The Morgan fingerprint density at radius 2 is 2.11 bits per heavy atom. The Morgan fingerprint density at radius 1 is 1.26 bits per heavy atom. The van der Waals surface area contributed by atoms with Crippen LogP contribution in [0.5, 0.6) is 0 Å². The molecule has 0 bridgehead atoms. The second kappa shape index (κ2) is 4.89. The smallest absolute Gasteiger partial charge is 0.323 e. The number of hydrogen-bond acceptors (Lipinski definition) is 3. The third-order valence-corrected chi connectivity index (χ3v) is 3.45. The van der Waals surface area contributed by atoms with Gasteiger partial charge in [-0.25, -0.2) is 4.79 Å². The summed E-state index contributed by atoms with van der Waals surface area (Å²) < 4.78 is 0. The summed E-state index contributed by atoms with van der Waals surface area (Å²) >= 11 is 0. The molecule has 1 saturated heterocycles. The van der Waals surface area contributed by atoms with Crippen LogP contribution in [0.15, 0.2) is 23.0 Å². The molecule has 0 spiro atoms. The Hall–Kier alpha value is -2.08. The van der Waals surface area contributed by atoms with Crippen LogP contribution in [-0.4, -0.2) is 29.0 Å². The largest absolute Gasteiger partial charge is 0.326 e. The zero-order chi connectivity index (χ0) is 13.2. The maximum atomic E-state index is 12.1. The number of imidazole rings is 1. The first-order valence-electron chi connectivity index (χ1n) is 6.46. The lowest BCUT2D eigenvalue weighted by Crippen LogP contribution is -2.37. The minimum Gasteiger partial charge on any atom is -0.326 e. The van der Waals surface area contributed by atoms with Crippen molar-refractivity contribution in [3.05, 3.63) is 28.7 Å². The minimum absolute atomic E-state index is 0.0229. The molecule has 1 aliphatic heterocycles. The van der Waals surface area contributed by atoms with Gasteiger partial charge in [0.1, 0.15) is 0 Å². The fourth-order valence-electron chi connectivity index (χ4n) is 2.43. The van der Waals surface area contributed by atoms with E-state index in [4.69, 9.17) is 0 Å². The summed E-state index contributed by atoms with van der Waals surface area (Å²) in [4.78, 5) is 28.6. The number of amides is 1. The average Bonchev–Trinajstić information content (AvgIpc) is 2.79. The van der Waals surface area contributed by atoms with Crippen LogP contribution in [-0.2, 0) is 4.79 Å². The topological polar surface area (TPSA) is 89.8 Å². The van der Waals surface area contributed by atoms with Gasteiger partial charge in [-0.3, -0.25) is 4.79 Å². The second-order valence-electron chi connectivity index (χ2n) is 4.87. The van der Waals surface area contributed by atoms with E-state index in [-0.39, 0.29) is 17.5 Å². The van der Waals surface area contributed by atoms with Gasteiger partial charge in [-0.05, 0) is 37.6 Å². The number of rotatable bonds is 2. The number of hydrogen-bond donors (Lipinski definition) is 4. The van der Waals surface area contributed by atoms with Gasteiger partial charge in [0, 0.05) is 12.2 Å². The van der Waals surface area contributed by atoms with Gasteiger partial charge in [-0.15, -0.1) is 0 Å². The van der Waals surface area contributed by atoms with Crippen molar-refractivity contribution in [1.82, 2.24) is 15.3 Å². The Bertz CT molecular complexity index is 652. The molecular weight excluding hydrogens is 244 g/mol. The number of fused-ring (bicyclic) bond motifs is 1. The van der Waals surface area contributed by atoms with Crippen LogP contribution in [0, 0.1) is 5.92 Å². The third-order valence-electron chi connectivity index (χ3n) is 3.45. The van der Waals surface area contributed by atoms with Crippen LogP contribution >= 0.6 is 0 Å². The number of aromatic nitrogens is 2.